The number of hydrogen-bond acceptors (Lipinski definition) is 3. The van der Waals surface area contributed by atoms with E-state index in [0.717, 1.165) is 21.9 Å². The van der Waals surface area contributed by atoms with Gasteiger partial charge in [-0.2, -0.15) is 0 Å². The lowest BCUT2D eigenvalue weighted by molar-refractivity contribution is 0.593. The summed E-state index contributed by atoms with van der Waals surface area (Å²) >= 11 is 1.52. The van der Waals surface area contributed by atoms with Crippen molar-refractivity contribution in [1.29, 1.82) is 0 Å². The largest absolute Gasteiger partial charge is 0.299 e. The molecule has 0 atom stereocenters. The third kappa shape index (κ3) is 3.46. The van der Waals surface area contributed by atoms with E-state index in [0.29, 0.717) is 17.9 Å². The van der Waals surface area contributed by atoms with Crippen LogP contribution < -0.4 is 0 Å². The molecule has 26 heavy (non-hydrogen) atoms. The van der Waals surface area contributed by atoms with E-state index in [-0.39, 0.29) is 11.6 Å². The van der Waals surface area contributed by atoms with Gasteiger partial charge in [-0.05, 0) is 35.9 Å². The lowest BCUT2D eigenvalue weighted by Gasteiger charge is -2.09. The fraction of sp³-hybridized carbons (Fsp3) is 0.100. The molecule has 0 spiro atoms. The number of halogens is 2. The van der Waals surface area contributed by atoms with E-state index < -0.39 is 0 Å². The van der Waals surface area contributed by atoms with Crippen molar-refractivity contribution in [3.05, 3.63) is 89.6 Å². The molecular formula is C20H15F2N3S. The van der Waals surface area contributed by atoms with Gasteiger partial charge in [0.15, 0.2) is 10.8 Å². The average Bonchev–Trinajstić information content (AvgIpc) is 3.01. The van der Waals surface area contributed by atoms with Gasteiger partial charge in [0.25, 0.3) is 0 Å². The molecule has 6 heteroatoms. The topological polar surface area (TPSA) is 30.7 Å². The Labute approximate surface area is 153 Å². The highest BCUT2D eigenvalue weighted by molar-refractivity contribution is 7.98. The summed E-state index contributed by atoms with van der Waals surface area (Å²) in [4.78, 5) is 9.05. The van der Waals surface area contributed by atoms with Crippen molar-refractivity contribution < 1.29 is 8.78 Å². The summed E-state index contributed by atoms with van der Waals surface area (Å²) in [5.74, 6) is 0.135. The van der Waals surface area contributed by atoms with Crippen LogP contribution in [-0.2, 0) is 12.3 Å². The number of nitrogens with zero attached hydrogens (tertiary/aromatic N) is 3. The predicted octanol–water partition coefficient (Wildman–Crippen LogP) is 5.05. The summed E-state index contributed by atoms with van der Waals surface area (Å²) in [5.41, 5.74) is 3.07. The van der Waals surface area contributed by atoms with Crippen LogP contribution in [0.1, 0.15) is 11.1 Å². The van der Waals surface area contributed by atoms with E-state index >= 15 is 0 Å². The number of thioether (sulfide) groups is 1. The standard InChI is InChI=1S/C20H15F2N3S/c21-16-9-7-14(8-10-16)13-26-20-24-18-6-3-11-23-19(18)25(20)12-15-4-1-2-5-17(15)22/h1-11H,12-13H2. The molecule has 0 radical (unpaired) electrons. The number of pyridine rings is 1. The van der Waals surface area contributed by atoms with Gasteiger partial charge in [-0.1, -0.05) is 42.1 Å². The van der Waals surface area contributed by atoms with Gasteiger partial charge >= 0.3 is 0 Å². The summed E-state index contributed by atoms with van der Waals surface area (Å²) in [6, 6.07) is 16.8. The monoisotopic (exact) mass is 367 g/mol. The molecule has 0 N–H and O–H groups in total. The minimum Gasteiger partial charge on any atom is -0.299 e. The van der Waals surface area contributed by atoms with E-state index in [2.05, 4.69) is 9.97 Å². The summed E-state index contributed by atoms with van der Waals surface area (Å²) < 4.78 is 29.1. The van der Waals surface area contributed by atoms with Gasteiger partial charge < -0.3 is 0 Å². The van der Waals surface area contributed by atoms with Crippen molar-refractivity contribution in [3.63, 3.8) is 0 Å². The van der Waals surface area contributed by atoms with Crippen LogP contribution in [-0.4, -0.2) is 14.5 Å². The molecule has 4 rings (SSSR count). The Morgan fingerprint density at radius 3 is 2.54 bits per heavy atom. The Balaban J connectivity index is 1.67. The molecule has 130 valence electrons. The summed E-state index contributed by atoms with van der Waals surface area (Å²) in [6.45, 7) is 0.353. The van der Waals surface area contributed by atoms with Crippen LogP contribution in [0.15, 0.2) is 72.0 Å². The molecule has 0 bridgehead atoms. The van der Waals surface area contributed by atoms with Crippen LogP contribution in [0.3, 0.4) is 0 Å². The van der Waals surface area contributed by atoms with Crippen molar-refractivity contribution in [2.45, 2.75) is 17.5 Å². The summed E-state index contributed by atoms with van der Waals surface area (Å²) in [6.07, 6.45) is 1.70. The van der Waals surface area contributed by atoms with E-state index in [1.807, 2.05) is 22.8 Å². The van der Waals surface area contributed by atoms with Crippen molar-refractivity contribution >= 4 is 22.9 Å². The molecule has 0 fully saturated rings. The molecule has 2 heterocycles. The van der Waals surface area contributed by atoms with E-state index in [1.165, 1.54) is 30.0 Å². The first-order valence-electron chi connectivity index (χ1n) is 8.12. The Morgan fingerprint density at radius 1 is 0.923 bits per heavy atom. The first-order chi connectivity index (χ1) is 12.7. The number of aromatic nitrogens is 3. The predicted molar refractivity (Wildman–Crippen MR) is 99.0 cm³/mol. The maximum absolute atomic E-state index is 14.1. The van der Waals surface area contributed by atoms with Gasteiger partial charge in [0.05, 0.1) is 6.54 Å². The quantitative estimate of drug-likeness (QED) is 0.463. The molecule has 0 aliphatic heterocycles. The highest BCUT2D eigenvalue weighted by Gasteiger charge is 2.14. The molecular weight excluding hydrogens is 352 g/mol. The Bertz CT molecular complexity index is 1040. The Hall–Kier alpha value is -2.73. The van der Waals surface area contributed by atoms with Gasteiger partial charge in [-0.25, -0.2) is 18.7 Å². The third-order valence-electron chi connectivity index (χ3n) is 4.04. The Kier molecular flexibility index (Phi) is 4.67. The lowest BCUT2D eigenvalue weighted by Crippen LogP contribution is -2.04. The lowest BCUT2D eigenvalue weighted by atomic mass is 10.2. The minimum absolute atomic E-state index is 0.250. The normalized spacial score (nSPS) is 11.2. The maximum atomic E-state index is 14.1. The van der Waals surface area contributed by atoms with Gasteiger partial charge in [0.2, 0.25) is 0 Å². The fourth-order valence-electron chi connectivity index (χ4n) is 2.72. The van der Waals surface area contributed by atoms with Gasteiger partial charge in [-0.3, -0.25) is 4.57 Å². The SMILES string of the molecule is Fc1ccc(CSc2nc3cccnc3n2Cc2ccccc2F)cc1. The number of hydrogen-bond donors (Lipinski definition) is 0. The van der Waals surface area contributed by atoms with Crippen molar-refractivity contribution in [2.75, 3.05) is 0 Å². The molecule has 3 nitrogen and oxygen atoms in total. The zero-order valence-corrected chi connectivity index (χ0v) is 14.6. The molecule has 4 aromatic rings. The second-order valence-corrected chi connectivity index (χ2v) is 6.78. The molecule has 0 unspecified atom stereocenters. The first kappa shape index (κ1) is 16.7. The van der Waals surface area contributed by atoms with Gasteiger partial charge in [-0.15, -0.1) is 0 Å². The third-order valence-corrected chi connectivity index (χ3v) is 5.08. The number of imidazole rings is 1. The highest BCUT2D eigenvalue weighted by atomic mass is 32.2. The molecule has 0 amide bonds. The van der Waals surface area contributed by atoms with Crippen LogP contribution in [0.5, 0.6) is 0 Å². The number of benzene rings is 2. The molecule has 0 saturated heterocycles. The van der Waals surface area contributed by atoms with E-state index in [4.69, 9.17) is 0 Å². The van der Waals surface area contributed by atoms with Crippen LogP contribution in [0.4, 0.5) is 8.78 Å². The molecule has 0 aliphatic carbocycles. The second kappa shape index (κ2) is 7.25. The van der Waals surface area contributed by atoms with E-state index in [9.17, 15) is 8.78 Å². The number of fused-ring (bicyclic) bond motifs is 1. The summed E-state index contributed by atoms with van der Waals surface area (Å²) in [5, 5.41) is 0.756. The Morgan fingerprint density at radius 2 is 1.73 bits per heavy atom. The smallest absolute Gasteiger partial charge is 0.170 e. The fourth-order valence-corrected chi connectivity index (χ4v) is 3.67. The van der Waals surface area contributed by atoms with Crippen LogP contribution in [0, 0.1) is 11.6 Å². The molecule has 0 saturated carbocycles. The van der Waals surface area contributed by atoms with Crippen molar-refractivity contribution in [2.24, 2.45) is 0 Å². The molecule has 2 aromatic carbocycles. The summed E-state index contributed by atoms with van der Waals surface area (Å²) in [7, 11) is 0. The van der Waals surface area contributed by atoms with Crippen LogP contribution in [0.25, 0.3) is 11.2 Å². The highest BCUT2D eigenvalue weighted by Crippen LogP contribution is 2.27. The van der Waals surface area contributed by atoms with Gasteiger partial charge in [0.1, 0.15) is 17.2 Å². The van der Waals surface area contributed by atoms with Gasteiger partial charge in [0, 0.05) is 17.5 Å². The molecule has 0 aliphatic rings. The average molecular weight is 367 g/mol. The molecule has 2 aromatic heterocycles. The zero-order chi connectivity index (χ0) is 17.9. The van der Waals surface area contributed by atoms with Crippen molar-refractivity contribution in [1.82, 2.24) is 14.5 Å². The zero-order valence-electron chi connectivity index (χ0n) is 13.8. The first-order valence-corrected chi connectivity index (χ1v) is 9.11. The maximum Gasteiger partial charge on any atom is 0.170 e. The van der Waals surface area contributed by atoms with Crippen LogP contribution in [0.2, 0.25) is 0 Å². The van der Waals surface area contributed by atoms with E-state index in [1.54, 1.807) is 30.5 Å². The van der Waals surface area contributed by atoms with Crippen LogP contribution >= 0.6 is 11.8 Å². The minimum atomic E-state index is -0.255. The second-order valence-electron chi connectivity index (χ2n) is 5.83. The number of rotatable bonds is 5. The van der Waals surface area contributed by atoms with Crippen molar-refractivity contribution in [3.8, 4) is 0 Å².